The number of fused-ring (bicyclic) bond motifs is 1. The number of benzene rings is 1. The number of carbonyl (C=O) groups excluding carboxylic acids is 1. The van der Waals surface area contributed by atoms with E-state index < -0.39 is 12.1 Å². The molecule has 2 aliphatic rings. The number of quaternary nitrogens is 1. The van der Waals surface area contributed by atoms with Gasteiger partial charge in [-0.3, -0.25) is 4.79 Å². The van der Waals surface area contributed by atoms with Gasteiger partial charge in [0.25, 0.3) is 0 Å². The highest BCUT2D eigenvalue weighted by Crippen LogP contribution is 2.34. The first-order valence-electron chi connectivity index (χ1n) is 11.4. The third-order valence-corrected chi connectivity index (χ3v) is 6.05. The fraction of sp³-hybridized carbons (Fsp3) is 0.696. The number of aliphatic hydroxyl groups excluding tert-OH is 1. The third kappa shape index (κ3) is 6.33. The van der Waals surface area contributed by atoms with E-state index in [0.29, 0.717) is 49.8 Å². The Morgan fingerprint density at radius 3 is 2.57 bits per heavy atom. The molecule has 1 aromatic carbocycles. The van der Waals surface area contributed by atoms with Crippen molar-refractivity contribution < 1.29 is 24.0 Å². The summed E-state index contributed by atoms with van der Waals surface area (Å²) < 4.78 is 10.8. The van der Waals surface area contributed by atoms with E-state index in [9.17, 15) is 15.1 Å². The van der Waals surface area contributed by atoms with Crippen LogP contribution in [0.4, 0.5) is 0 Å². The molecule has 0 bridgehead atoms. The monoisotopic (exact) mass is 420 g/mol. The molecule has 2 aliphatic heterocycles. The van der Waals surface area contributed by atoms with Crippen molar-refractivity contribution in [1.29, 1.82) is 0 Å². The first-order valence-corrected chi connectivity index (χ1v) is 11.4. The Morgan fingerprint density at radius 2 is 1.83 bits per heavy atom. The summed E-state index contributed by atoms with van der Waals surface area (Å²) in [6.07, 6.45) is 6.57. The molecule has 1 fully saturated rings. The van der Waals surface area contributed by atoms with Crippen LogP contribution in [-0.4, -0.2) is 54.5 Å². The first kappa shape index (κ1) is 22.8. The Balaban J connectivity index is 1.66. The van der Waals surface area contributed by atoms with Gasteiger partial charge < -0.3 is 29.8 Å². The normalized spacial score (nSPS) is 19.3. The van der Waals surface area contributed by atoms with E-state index in [1.54, 1.807) is 18.2 Å². The molecule has 1 aromatic rings. The highest BCUT2D eigenvalue weighted by atomic mass is 16.6. The lowest BCUT2D eigenvalue weighted by Crippen LogP contribution is -2.53. The van der Waals surface area contributed by atoms with Gasteiger partial charge >= 0.3 is 0 Å². The average Bonchev–Trinajstić information content (AvgIpc) is 3.18. The van der Waals surface area contributed by atoms with Gasteiger partial charge in [-0.1, -0.05) is 38.7 Å². The van der Waals surface area contributed by atoms with Crippen molar-refractivity contribution in [3.8, 4) is 11.5 Å². The van der Waals surface area contributed by atoms with E-state index in [0.717, 1.165) is 32.1 Å². The van der Waals surface area contributed by atoms with Crippen molar-refractivity contribution in [3.05, 3.63) is 29.0 Å². The SMILES string of the molecule is CCCCCCCC(=O)NC(C[N+]1([O-])CCCC1)C(O)c1ccc2c(c1)OCCO2. The number of hydrogen-bond acceptors (Lipinski definition) is 5. The van der Waals surface area contributed by atoms with E-state index in [-0.39, 0.29) is 17.1 Å². The van der Waals surface area contributed by atoms with E-state index in [2.05, 4.69) is 12.2 Å². The molecule has 0 aromatic heterocycles. The molecule has 7 heteroatoms. The molecule has 0 spiro atoms. The predicted octanol–water partition coefficient (Wildman–Crippen LogP) is 3.44. The Morgan fingerprint density at radius 1 is 1.13 bits per heavy atom. The number of likely N-dealkylation sites (tertiary alicyclic amines) is 1. The predicted molar refractivity (Wildman–Crippen MR) is 115 cm³/mol. The van der Waals surface area contributed by atoms with Crippen molar-refractivity contribution in [1.82, 2.24) is 5.32 Å². The number of unbranched alkanes of at least 4 members (excludes halogenated alkanes) is 4. The Bertz CT molecular complexity index is 690. The largest absolute Gasteiger partial charge is 0.633 e. The summed E-state index contributed by atoms with van der Waals surface area (Å²) >= 11 is 0. The number of aliphatic hydroxyl groups is 1. The molecule has 2 N–H and O–H groups in total. The highest BCUT2D eigenvalue weighted by molar-refractivity contribution is 5.76. The zero-order chi connectivity index (χ0) is 21.4. The molecule has 1 amide bonds. The highest BCUT2D eigenvalue weighted by Gasteiger charge is 2.33. The van der Waals surface area contributed by atoms with Gasteiger partial charge in [0.05, 0.1) is 13.1 Å². The maximum atomic E-state index is 13.0. The van der Waals surface area contributed by atoms with Crippen molar-refractivity contribution in [3.63, 3.8) is 0 Å². The Labute approximate surface area is 179 Å². The second kappa shape index (κ2) is 11.0. The molecule has 2 heterocycles. The molecule has 0 aliphatic carbocycles. The summed E-state index contributed by atoms with van der Waals surface area (Å²) in [4.78, 5) is 12.6. The first-order chi connectivity index (χ1) is 14.5. The number of amides is 1. The lowest BCUT2D eigenvalue weighted by Gasteiger charge is -2.42. The van der Waals surface area contributed by atoms with Gasteiger partial charge in [-0.2, -0.15) is 0 Å². The summed E-state index contributed by atoms with van der Waals surface area (Å²) in [5.41, 5.74) is 0.623. The van der Waals surface area contributed by atoms with Gasteiger partial charge in [0.1, 0.15) is 31.9 Å². The van der Waals surface area contributed by atoms with Crippen LogP contribution in [0, 0.1) is 5.21 Å². The van der Waals surface area contributed by atoms with Crippen LogP contribution in [0.5, 0.6) is 11.5 Å². The number of hydroxylamine groups is 3. The summed E-state index contributed by atoms with van der Waals surface area (Å²) in [5.74, 6) is 1.14. The maximum absolute atomic E-state index is 13.0. The quantitative estimate of drug-likeness (QED) is 0.325. The number of nitrogens with zero attached hydrogens (tertiary/aromatic N) is 1. The molecule has 1 saturated heterocycles. The summed E-state index contributed by atoms with van der Waals surface area (Å²) in [7, 11) is 0. The van der Waals surface area contributed by atoms with Gasteiger partial charge in [0, 0.05) is 19.3 Å². The van der Waals surface area contributed by atoms with Crippen LogP contribution in [-0.2, 0) is 4.79 Å². The van der Waals surface area contributed by atoms with E-state index in [1.807, 2.05) is 0 Å². The summed E-state index contributed by atoms with van der Waals surface area (Å²) in [6.45, 7) is 4.38. The molecular formula is C23H36N2O5. The van der Waals surface area contributed by atoms with Gasteiger partial charge in [-0.05, 0) is 24.1 Å². The molecule has 0 saturated carbocycles. The fourth-order valence-electron chi connectivity index (χ4n) is 4.32. The van der Waals surface area contributed by atoms with Gasteiger partial charge in [-0.25, -0.2) is 0 Å². The number of nitrogens with one attached hydrogen (secondary N) is 1. The van der Waals surface area contributed by atoms with Gasteiger partial charge in [0.15, 0.2) is 11.5 Å². The van der Waals surface area contributed by atoms with E-state index >= 15 is 0 Å². The summed E-state index contributed by atoms with van der Waals surface area (Å²) in [6, 6.07) is 4.67. The Kier molecular flexibility index (Phi) is 8.36. The Hall–Kier alpha value is -1.83. The fourth-order valence-corrected chi connectivity index (χ4v) is 4.32. The number of ether oxygens (including phenoxy) is 2. The molecule has 2 unspecified atom stereocenters. The number of hydrogen-bond donors (Lipinski definition) is 2. The molecule has 168 valence electrons. The van der Waals surface area contributed by atoms with Gasteiger partial charge in [-0.15, -0.1) is 0 Å². The number of carbonyl (C=O) groups is 1. The second-order valence-corrected chi connectivity index (χ2v) is 8.58. The van der Waals surface area contributed by atoms with E-state index in [1.165, 1.54) is 12.8 Å². The zero-order valence-corrected chi connectivity index (χ0v) is 18.1. The lowest BCUT2D eigenvalue weighted by atomic mass is 10.00. The van der Waals surface area contributed by atoms with Crippen LogP contribution < -0.4 is 14.8 Å². The summed E-state index contributed by atoms with van der Waals surface area (Å²) in [5, 5.41) is 27.1. The topological polar surface area (TPSA) is 90.9 Å². The van der Waals surface area contributed by atoms with E-state index in [4.69, 9.17) is 9.47 Å². The lowest BCUT2D eigenvalue weighted by molar-refractivity contribution is -0.869. The maximum Gasteiger partial charge on any atom is 0.220 e. The standard InChI is InChI=1S/C23H36N2O5/c1-2-3-4-5-6-9-22(26)24-19(17-25(28)12-7-8-13-25)23(27)18-10-11-20-21(16-18)30-15-14-29-20/h10-11,16,19,23,27H,2-9,12-15,17H2,1H3,(H,24,26). The molecule has 3 rings (SSSR count). The van der Waals surface area contributed by atoms with Crippen LogP contribution in [0.2, 0.25) is 0 Å². The molecule has 30 heavy (non-hydrogen) atoms. The van der Waals surface area contributed by atoms with Crippen molar-refractivity contribution >= 4 is 5.91 Å². The van der Waals surface area contributed by atoms with Crippen LogP contribution in [0.3, 0.4) is 0 Å². The van der Waals surface area contributed by atoms with Gasteiger partial charge in [0.2, 0.25) is 5.91 Å². The van der Waals surface area contributed by atoms with Crippen molar-refractivity contribution in [2.75, 3.05) is 32.8 Å². The van der Waals surface area contributed by atoms with Crippen molar-refractivity contribution in [2.45, 2.75) is 70.4 Å². The minimum Gasteiger partial charge on any atom is -0.633 e. The average molecular weight is 421 g/mol. The minimum absolute atomic E-state index is 0.0983. The zero-order valence-electron chi connectivity index (χ0n) is 18.1. The van der Waals surface area contributed by atoms with Crippen LogP contribution in [0.25, 0.3) is 0 Å². The van der Waals surface area contributed by atoms with Crippen LogP contribution in [0.15, 0.2) is 18.2 Å². The molecule has 0 radical (unpaired) electrons. The minimum atomic E-state index is -0.977. The van der Waals surface area contributed by atoms with Crippen LogP contribution in [0.1, 0.15) is 70.0 Å². The third-order valence-electron chi connectivity index (χ3n) is 6.05. The van der Waals surface area contributed by atoms with Crippen molar-refractivity contribution in [2.24, 2.45) is 0 Å². The smallest absolute Gasteiger partial charge is 0.220 e. The molecule has 2 atom stereocenters. The second-order valence-electron chi connectivity index (χ2n) is 8.58. The number of rotatable bonds is 11. The van der Waals surface area contributed by atoms with Crippen LogP contribution >= 0.6 is 0 Å². The molecule has 7 nitrogen and oxygen atoms in total. The molecular weight excluding hydrogens is 384 g/mol.